The van der Waals surface area contributed by atoms with Crippen LogP contribution in [0.2, 0.25) is 5.02 Å². The van der Waals surface area contributed by atoms with Crippen molar-refractivity contribution >= 4 is 51.4 Å². The highest BCUT2D eigenvalue weighted by atomic mass is 35.5. The molecular formula is C26H27ClN4O4S. The van der Waals surface area contributed by atoms with Gasteiger partial charge in [-0.1, -0.05) is 43.1 Å². The summed E-state index contributed by atoms with van der Waals surface area (Å²) in [5, 5.41) is 16.3. The van der Waals surface area contributed by atoms with Gasteiger partial charge in [0.1, 0.15) is 24.0 Å². The molecule has 36 heavy (non-hydrogen) atoms. The lowest BCUT2D eigenvalue weighted by molar-refractivity contribution is -0.114. The molecule has 2 aromatic rings. The van der Waals surface area contributed by atoms with Gasteiger partial charge in [0, 0.05) is 0 Å². The number of nitrogens with one attached hydrogen (secondary N) is 1. The Morgan fingerprint density at radius 1 is 1.06 bits per heavy atom. The maximum Gasteiger partial charge on any atom is 0.283 e. The Bertz CT molecular complexity index is 1240. The molecule has 0 atom stereocenters. The molecule has 0 aliphatic carbocycles. The number of para-hydroxylation sites is 1. The van der Waals surface area contributed by atoms with Gasteiger partial charge >= 0.3 is 0 Å². The van der Waals surface area contributed by atoms with Crippen molar-refractivity contribution in [2.45, 2.75) is 33.1 Å². The number of aliphatic imine (C=N–C) groups is 1. The Kier molecular flexibility index (Phi) is 8.66. The molecule has 0 saturated heterocycles. The number of rotatable bonds is 11. The first-order valence-corrected chi connectivity index (χ1v) is 13.0. The zero-order valence-electron chi connectivity index (χ0n) is 20.1. The second-order valence-electron chi connectivity index (χ2n) is 7.88. The smallest absolute Gasteiger partial charge is 0.283 e. The number of carbonyl (C=O) groups excluding carboxylic acids is 1. The average Bonchev–Trinajstić information content (AvgIpc) is 3.28. The summed E-state index contributed by atoms with van der Waals surface area (Å²) in [7, 11) is 0. The Balaban J connectivity index is 1.46. The van der Waals surface area contributed by atoms with Crippen LogP contribution in [-0.4, -0.2) is 46.8 Å². The number of thioether (sulfide) groups is 1. The summed E-state index contributed by atoms with van der Waals surface area (Å²) in [6.45, 7) is 5.03. The number of halogens is 1. The van der Waals surface area contributed by atoms with E-state index in [2.05, 4.69) is 17.0 Å². The normalized spacial score (nSPS) is 16.1. The second kappa shape index (κ2) is 12.1. The van der Waals surface area contributed by atoms with E-state index in [4.69, 9.17) is 31.2 Å². The molecule has 0 aromatic heterocycles. The molecule has 188 valence electrons. The SMILES string of the molecule is CCCCC1=NN2C(=N)/C(=C/c3ccc(OCCOc4ccccc4Cl)c(OCC)c3)C(=O)N=C2S1. The fourth-order valence-electron chi connectivity index (χ4n) is 3.49. The molecule has 0 bridgehead atoms. The summed E-state index contributed by atoms with van der Waals surface area (Å²) in [6, 6.07) is 12.6. The monoisotopic (exact) mass is 526 g/mol. The fraction of sp³-hybridized carbons (Fsp3) is 0.308. The van der Waals surface area contributed by atoms with Gasteiger partial charge < -0.3 is 14.2 Å². The Labute approximate surface area is 219 Å². The van der Waals surface area contributed by atoms with Crippen molar-refractivity contribution in [3.63, 3.8) is 0 Å². The van der Waals surface area contributed by atoms with E-state index in [9.17, 15) is 4.79 Å². The minimum atomic E-state index is -0.458. The number of hydrazone groups is 1. The number of fused-ring (bicyclic) bond motifs is 1. The van der Waals surface area contributed by atoms with Gasteiger partial charge in [0.05, 0.1) is 17.2 Å². The van der Waals surface area contributed by atoms with Crippen LogP contribution >= 0.6 is 23.4 Å². The number of benzene rings is 2. The molecule has 2 aliphatic rings. The minimum Gasteiger partial charge on any atom is -0.490 e. The molecule has 0 radical (unpaired) electrons. The lowest BCUT2D eigenvalue weighted by atomic mass is 10.1. The molecule has 0 unspecified atom stereocenters. The first kappa shape index (κ1) is 25.8. The molecule has 10 heteroatoms. The van der Waals surface area contributed by atoms with Crippen LogP contribution < -0.4 is 14.2 Å². The van der Waals surface area contributed by atoms with E-state index in [1.54, 1.807) is 36.4 Å². The van der Waals surface area contributed by atoms with Gasteiger partial charge in [-0.05, 0) is 67.4 Å². The maximum atomic E-state index is 12.7. The van der Waals surface area contributed by atoms with E-state index in [-0.39, 0.29) is 18.0 Å². The molecular weight excluding hydrogens is 500 g/mol. The van der Waals surface area contributed by atoms with Gasteiger partial charge in [-0.15, -0.1) is 0 Å². The first-order valence-electron chi connectivity index (χ1n) is 11.8. The third-order valence-electron chi connectivity index (χ3n) is 5.25. The summed E-state index contributed by atoms with van der Waals surface area (Å²) >= 11 is 7.47. The van der Waals surface area contributed by atoms with Crippen LogP contribution in [0.25, 0.3) is 6.08 Å². The van der Waals surface area contributed by atoms with Gasteiger partial charge in [0.15, 0.2) is 17.3 Å². The molecule has 2 aliphatic heterocycles. The highest BCUT2D eigenvalue weighted by molar-refractivity contribution is 8.26. The molecule has 0 spiro atoms. The fourth-order valence-corrected chi connectivity index (χ4v) is 4.61. The van der Waals surface area contributed by atoms with E-state index in [1.807, 2.05) is 19.1 Å². The molecule has 2 aromatic carbocycles. The first-order chi connectivity index (χ1) is 17.5. The maximum absolute atomic E-state index is 12.7. The largest absolute Gasteiger partial charge is 0.490 e. The average molecular weight is 527 g/mol. The molecule has 1 amide bonds. The zero-order chi connectivity index (χ0) is 25.5. The van der Waals surface area contributed by atoms with E-state index in [0.29, 0.717) is 46.2 Å². The number of carbonyl (C=O) groups is 1. The minimum absolute atomic E-state index is 0.0130. The number of ether oxygens (including phenoxy) is 3. The van der Waals surface area contributed by atoms with Crippen molar-refractivity contribution < 1.29 is 19.0 Å². The number of nitrogens with zero attached hydrogens (tertiary/aromatic N) is 3. The molecule has 4 rings (SSSR count). The molecule has 1 N–H and O–H groups in total. The van der Waals surface area contributed by atoms with E-state index in [1.165, 1.54) is 16.8 Å². The van der Waals surface area contributed by atoms with Gasteiger partial charge in [-0.3, -0.25) is 10.2 Å². The quantitative estimate of drug-likeness (QED) is 0.284. The van der Waals surface area contributed by atoms with Gasteiger partial charge in [0.2, 0.25) is 5.17 Å². The third-order valence-corrected chi connectivity index (χ3v) is 6.53. The van der Waals surface area contributed by atoms with Crippen molar-refractivity contribution in [3.05, 3.63) is 58.6 Å². The van der Waals surface area contributed by atoms with E-state index in [0.717, 1.165) is 24.3 Å². The highest BCUT2D eigenvalue weighted by Gasteiger charge is 2.35. The lowest BCUT2D eigenvalue weighted by Gasteiger charge is -2.20. The molecule has 2 heterocycles. The van der Waals surface area contributed by atoms with Crippen molar-refractivity contribution in [2.24, 2.45) is 10.1 Å². The zero-order valence-corrected chi connectivity index (χ0v) is 21.7. The summed E-state index contributed by atoms with van der Waals surface area (Å²) in [5.74, 6) is 1.23. The molecule has 0 saturated carbocycles. The second-order valence-corrected chi connectivity index (χ2v) is 9.33. The van der Waals surface area contributed by atoms with E-state index >= 15 is 0 Å². The number of amidine groups is 2. The van der Waals surface area contributed by atoms with Crippen LogP contribution in [0.15, 0.2) is 58.1 Å². The van der Waals surface area contributed by atoms with Crippen LogP contribution in [0.5, 0.6) is 17.2 Å². The number of hydrogen-bond donors (Lipinski definition) is 1. The van der Waals surface area contributed by atoms with Crippen LogP contribution in [0.3, 0.4) is 0 Å². The third kappa shape index (κ3) is 6.09. The standard InChI is InChI=1S/C26H27ClN4O4S/c1-3-5-10-23-30-31-24(28)18(25(32)29-26(31)36-23)15-17-11-12-21(22(16-17)33-4-2)35-14-13-34-20-9-7-6-8-19(20)27/h6-9,11-12,15-16,28H,3-5,10,13-14H2,1-2H3/b18-15-,28-24?. The van der Waals surface area contributed by atoms with Crippen molar-refractivity contribution in [1.82, 2.24) is 5.01 Å². The van der Waals surface area contributed by atoms with Gasteiger partial charge in [-0.25, -0.2) is 0 Å². The predicted molar refractivity (Wildman–Crippen MR) is 145 cm³/mol. The number of unbranched alkanes of at least 4 members (excludes halogenated alkanes) is 1. The van der Waals surface area contributed by atoms with Crippen LogP contribution in [0.1, 0.15) is 38.7 Å². The molecule has 8 nitrogen and oxygen atoms in total. The Morgan fingerprint density at radius 2 is 1.83 bits per heavy atom. The Morgan fingerprint density at radius 3 is 2.58 bits per heavy atom. The van der Waals surface area contributed by atoms with Gasteiger partial charge in [-0.2, -0.15) is 15.1 Å². The summed E-state index contributed by atoms with van der Waals surface area (Å²) in [5.41, 5.74) is 0.857. The lowest BCUT2D eigenvalue weighted by Crippen LogP contribution is -2.35. The highest BCUT2D eigenvalue weighted by Crippen LogP contribution is 2.32. The summed E-state index contributed by atoms with van der Waals surface area (Å²) in [4.78, 5) is 16.9. The topological polar surface area (TPSA) is 96.6 Å². The number of amides is 1. The summed E-state index contributed by atoms with van der Waals surface area (Å²) < 4.78 is 17.3. The van der Waals surface area contributed by atoms with Crippen molar-refractivity contribution in [2.75, 3.05) is 19.8 Å². The van der Waals surface area contributed by atoms with Crippen LogP contribution in [-0.2, 0) is 4.79 Å². The Hall–Kier alpha value is -3.30. The number of hydrogen-bond acceptors (Lipinski definition) is 7. The van der Waals surface area contributed by atoms with Gasteiger partial charge in [0.25, 0.3) is 5.91 Å². The van der Waals surface area contributed by atoms with Crippen molar-refractivity contribution in [1.29, 1.82) is 5.41 Å². The van der Waals surface area contributed by atoms with E-state index < -0.39 is 5.91 Å². The van der Waals surface area contributed by atoms with Crippen molar-refractivity contribution in [3.8, 4) is 17.2 Å². The molecule has 0 fully saturated rings. The summed E-state index contributed by atoms with van der Waals surface area (Å²) in [6.07, 6.45) is 4.48. The predicted octanol–water partition coefficient (Wildman–Crippen LogP) is 6.01. The van der Waals surface area contributed by atoms with Crippen LogP contribution in [0.4, 0.5) is 0 Å². The van der Waals surface area contributed by atoms with Crippen LogP contribution in [0, 0.1) is 5.41 Å².